The van der Waals surface area contributed by atoms with Gasteiger partial charge in [-0.05, 0) is 26.2 Å². The molecule has 2 aliphatic carbocycles. The zero-order valence-electron chi connectivity index (χ0n) is 11.1. The first kappa shape index (κ1) is 13.4. The van der Waals surface area contributed by atoms with E-state index in [-0.39, 0.29) is 17.8 Å². The summed E-state index contributed by atoms with van der Waals surface area (Å²) in [5, 5.41) is 12.4. The molecule has 0 aliphatic heterocycles. The van der Waals surface area contributed by atoms with Gasteiger partial charge >= 0.3 is 0 Å². The normalized spacial score (nSPS) is 29.5. The Morgan fingerprint density at radius 3 is 2.75 bits per heavy atom. The van der Waals surface area contributed by atoms with Crippen LogP contribution in [0, 0.1) is 6.92 Å². The summed E-state index contributed by atoms with van der Waals surface area (Å²) < 4.78 is 26.9. The summed E-state index contributed by atoms with van der Waals surface area (Å²) in [6.07, 6.45) is 0.0771. The van der Waals surface area contributed by atoms with Crippen molar-refractivity contribution in [2.45, 2.75) is 50.9 Å². The molecule has 1 saturated carbocycles. The van der Waals surface area contributed by atoms with Crippen molar-refractivity contribution in [3.8, 4) is 0 Å². The molecule has 1 heterocycles. The monoisotopic (exact) mass is 282 g/mol. The van der Waals surface area contributed by atoms with E-state index in [1.54, 1.807) is 6.92 Å². The Balaban J connectivity index is 1.91. The number of nitrogens with one attached hydrogen (secondary N) is 1. The third kappa shape index (κ3) is 2.63. The Morgan fingerprint density at radius 1 is 1.30 bits per heavy atom. The molecule has 2 aliphatic rings. The lowest BCUT2D eigenvalue weighted by Gasteiger charge is -2.19. The molecule has 0 bridgehead atoms. The number of aromatic nitrogens is 3. The first-order chi connectivity index (χ1) is 9.54. The molecule has 0 aromatic carbocycles. The fraction of sp³-hybridized carbons (Fsp3) is 0.615. The van der Waals surface area contributed by atoms with E-state index in [0.717, 1.165) is 0 Å². The first-order valence-corrected chi connectivity index (χ1v) is 6.75. The molecule has 3 rings (SSSR count). The van der Waals surface area contributed by atoms with Crippen molar-refractivity contribution in [2.24, 2.45) is 0 Å². The molecule has 1 aromatic rings. The maximum absolute atomic E-state index is 14.0. The molecule has 0 radical (unpaired) electrons. The Labute approximate surface area is 115 Å². The van der Waals surface area contributed by atoms with Crippen LogP contribution in [-0.2, 0) is 0 Å². The predicted molar refractivity (Wildman–Crippen MR) is 69.4 cm³/mol. The summed E-state index contributed by atoms with van der Waals surface area (Å²) in [5.41, 5.74) is 0.324. The molecule has 2 N–H and O–H groups in total. The van der Waals surface area contributed by atoms with Gasteiger partial charge in [-0.1, -0.05) is 0 Å². The van der Waals surface area contributed by atoms with Gasteiger partial charge in [0.05, 0.1) is 6.04 Å². The molecule has 3 atom stereocenters. The largest absolute Gasteiger partial charge is 0.386 e. The van der Waals surface area contributed by atoms with E-state index >= 15 is 0 Å². The van der Waals surface area contributed by atoms with E-state index in [2.05, 4.69) is 20.3 Å². The number of aliphatic hydroxyl groups excluding tert-OH is 1. The highest BCUT2D eigenvalue weighted by molar-refractivity contribution is 5.64. The maximum Gasteiger partial charge on any atom is 0.226 e. The van der Waals surface area contributed by atoms with Crippen LogP contribution in [0.15, 0.2) is 5.83 Å². The maximum atomic E-state index is 14.0. The number of hydrogen-bond donors (Lipinski definition) is 2. The molecule has 0 amide bonds. The van der Waals surface area contributed by atoms with Crippen molar-refractivity contribution >= 4 is 11.5 Å². The lowest BCUT2D eigenvalue weighted by molar-refractivity contribution is 0.165. The quantitative estimate of drug-likeness (QED) is 0.886. The van der Waals surface area contributed by atoms with Crippen molar-refractivity contribution in [1.82, 2.24) is 15.0 Å². The number of halogens is 2. The van der Waals surface area contributed by atoms with Crippen LogP contribution in [-0.4, -0.2) is 38.4 Å². The summed E-state index contributed by atoms with van der Waals surface area (Å²) >= 11 is 0. The number of hydrogen-bond acceptors (Lipinski definition) is 5. The summed E-state index contributed by atoms with van der Waals surface area (Å²) in [4.78, 5) is 12.4. The molecule has 108 valence electrons. The molecular weight excluding hydrogens is 266 g/mol. The Morgan fingerprint density at radius 2 is 2.05 bits per heavy atom. The minimum Gasteiger partial charge on any atom is -0.386 e. The van der Waals surface area contributed by atoms with Crippen molar-refractivity contribution in [3.05, 3.63) is 17.5 Å². The average Bonchev–Trinajstić information content (AvgIpc) is 3.07. The van der Waals surface area contributed by atoms with E-state index in [4.69, 9.17) is 0 Å². The van der Waals surface area contributed by atoms with Crippen LogP contribution in [0.2, 0.25) is 0 Å². The third-order valence-electron chi connectivity index (χ3n) is 3.53. The number of nitrogens with zero attached hydrogens (tertiary/aromatic N) is 3. The van der Waals surface area contributed by atoms with Gasteiger partial charge in [0.1, 0.15) is 23.9 Å². The second-order valence-electron chi connectivity index (χ2n) is 5.27. The molecule has 0 saturated heterocycles. The van der Waals surface area contributed by atoms with Gasteiger partial charge in [-0.2, -0.15) is 9.97 Å². The fourth-order valence-corrected chi connectivity index (χ4v) is 2.30. The number of anilines is 1. The van der Waals surface area contributed by atoms with Crippen molar-refractivity contribution in [2.75, 3.05) is 5.32 Å². The van der Waals surface area contributed by atoms with E-state index in [9.17, 15) is 13.9 Å². The van der Waals surface area contributed by atoms with Crippen LogP contribution < -0.4 is 5.32 Å². The zero-order valence-corrected chi connectivity index (χ0v) is 11.1. The second kappa shape index (κ2) is 5.05. The average molecular weight is 282 g/mol. The summed E-state index contributed by atoms with van der Waals surface area (Å²) in [6, 6.07) is -0.263. The molecule has 7 heteroatoms. The first-order valence-electron chi connectivity index (χ1n) is 6.75. The molecule has 1 unspecified atom stereocenters. The predicted octanol–water partition coefficient (Wildman–Crippen LogP) is 1.93. The van der Waals surface area contributed by atoms with Crippen molar-refractivity contribution < 1.29 is 13.9 Å². The van der Waals surface area contributed by atoms with E-state index in [1.807, 2.05) is 0 Å². The van der Waals surface area contributed by atoms with Gasteiger partial charge in [0.15, 0.2) is 5.82 Å². The highest BCUT2D eigenvalue weighted by Crippen LogP contribution is 2.32. The summed E-state index contributed by atoms with van der Waals surface area (Å²) in [6.45, 7) is 1.67. The van der Waals surface area contributed by atoms with Crippen LogP contribution in [0.1, 0.15) is 37.3 Å². The van der Waals surface area contributed by atoms with Crippen LogP contribution in [0.25, 0.3) is 5.57 Å². The van der Waals surface area contributed by atoms with Gasteiger partial charge < -0.3 is 10.4 Å². The fourth-order valence-electron chi connectivity index (χ4n) is 2.30. The van der Waals surface area contributed by atoms with Gasteiger partial charge in [0, 0.05) is 12.0 Å². The van der Waals surface area contributed by atoms with Gasteiger partial charge in [0.25, 0.3) is 0 Å². The zero-order chi connectivity index (χ0) is 14.3. The molecule has 1 fully saturated rings. The Bertz CT molecular complexity index is 563. The standard InChI is InChI=1S/C13H16F2N4O/c1-6-16-12(7-3-2-4-10(20)11(7)15)19-13(17-6)18-9-5-8(9)14/h8-10,20H,2-5H2,1H3,(H,16,17,18,19)/t8-,9+,10?/m0/s1. The molecular formula is C13H16F2N4O. The SMILES string of the molecule is Cc1nc(N[C@@H]2C[C@@H]2F)nc(C2=C(F)C(O)CCC2)n1. The van der Waals surface area contributed by atoms with Gasteiger partial charge in [-0.25, -0.2) is 13.8 Å². The lowest BCUT2D eigenvalue weighted by Crippen LogP contribution is -2.17. The highest BCUT2D eigenvalue weighted by atomic mass is 19.1. The Kier molecular flexibility index (Phi) is 3.37. The molecule has 0 spiro atoms. The van der Waals surface area contributed by atoms with Crippen molar-refractivity contribution in [1.29, 1.82) is 0 Å². The van der Waals surface area contributed by atoms with E-state index in [0.29, 0.717) is 37.1 Å². The highest BCUT2D eigenvalue weighted by Gasteiger charge is 2.38. The van der Waals surface area contributed by atoms with Crippen molar-refractivity contribution in [3.63, 3.8) is 0 Å². The number of allylic oxidation sites excluding steroid dienone is 1. The number of aryl methyl sites for hydroxylation is 1. The molecule has 20 heavy (non-hydrogen) atoms. The minimum atomic E-state index is -1.08. The van der Waals surface area contributed by atoms with E-state index in [1.165, 1.54) is 0 Å². The summed E-state index contributed by atoms with van der Waals surface area (Å²) in [5.74, 6) is 0.363. The van der Waals surface area contributed by atoms with Crippen LogP contribution >= 0.6 is 0 Å². The second-order valence-corrected chi connectivity index (χ2v) is 5.27. The van der Waals surface area contributed by atoms with Gasteiger partial charge in [0.2, 0.25) is 5.95 Å². The molecule has 5 nitrogen and oxygen atoms in total. The van der Waals surface area contributed by atoms with E-state index < -0.39 is 18.1 Å². The van der Waals surface area contributed by atoms with Gasteiger partial charge in [-0.15, -0.1) is 0 Å². The van der Waals surface area contributed by atoms with Crippen LogP contribution in [0.3, 0.4) is 0 Å². The minimum absolute atomic E-state index is 0.229. The Hall–Kier alpha value is -1.63. The van der Waals surface area contributed by atoms with Crippen LogP contribution in [0.5, 0.6) is 0 Å². The topological polar surface area (TPSA) is 70.9 Å². The van der Waals surface area contributed by atoms with Crippen LogP contribution in [0.4, 0.5) is 14.7 Å². The lowest BCUT2D eigenvalue weighted by atomic mass is 9.96. The number of alkyl halides is 1. The van der Waals surface area contributed by atoms with Gasteiger partial charge in [-0.3, -0.25) is 0 Å². The molecule has 1 aromatic heterocycles. The summed E-state index contributed by atoms with van der Waals surface area (Å²) in [7, 11) is 0. The third-order valence-corrected chi connectivity index (χ3v) is 3.53. The number of aliphatic hydroxyl groups is 1. The smallest absolute Gasteiger partial charge is 0.226 e. The number of rotatable bonds is 3.